The Bertz CT molecular complexity index is 2150. The summed E-state index contributed by atoms with van der Waals surface area (Å²) in [6.07, 6.45) is 1.52. The van der Waals surface area contributed by atoms with Crippen molar-refractivity contribution in [3.8, 4) is 5.75 Å². The number of benzene rings is 3. The maximum atomic E-state index is 14.1. The number of halogens is 3. The molecule has 1 aliphatic heterocycles. The molecule has 0 saturated heterocycles. The summed E-state index contributed by atoms with van der Waals surface area (Å²) in [5, 5.41) is 19.2. The van der Waals surface area contributed by atoms with E-state index in [0.29, 0.717) is 10.6 Å². The number of nitrogens with zero attached hydrogens (tertiary/aromatic N) is 5. The van der Waals surface area contributed by atoms with Crippen LogP contribution in [-0.4, -0.2) is 45.8 Å². The number of aromatic nitrogens is 1. The molecule has 15 heteroatoms. The van der Waals surface area contributed by atoms with Gasteiger partial charge in [0.15, 0.2) is 17.6 Å². The van der Waals surface area contributed by atoms with Crippen molar-refractivity contribution in [2.75, 3.05) is 15.0 Å². The van der Waals surface area contributed by atoms with Gasteiger partial charge in [-0.15, -0.1) is 10.2 Å². The van der Waals surface area contributed by atoms with E-state index in [4.69, 9.17) is 39.6 Å². The number of amides is 4. The lowest BCUT2D eigenvalue weighted by Gasteiger charge is -2.32. The molecule has 0 radical (unpaired) electrons. The first kappa shape index (κ1) is 41.0. The number of amidine groups is 1. The van der Waals surface area contributed by atoms with Gasteiger partial charge < -0.3 is 15.3 Å². The lowest BCUT2D eigenvalue weighted by atomic mass is 9.76. The van der Waals surface area contributed by atoms with Crippen molar-refractivity contribution in [2.45, 2.75) is 78.2 Å². The van der Waals surface area contributed by atoms with Crippen LogP contribution in [0.3, 0.4) is 0 Å². The Hall–Kier alpha value is -5.17. The van der Waals surface area contributed by atoms with E-state index in [1.807, 2.05) is 12.1 Å². The number of carbonyl (C=O) groups excluding carboxylic acids is 3. The monoisotopic (exact) mass is 806 g/mol. The molecule has 12 nitrogen and oxygen atoms in total. The highest BCUT2D eigenvalue weighted by Crippen LogP contribution is 2.41. The summed E-state index contributed by atoms with van der Waals surface area (Å²) in [5.41, 5.74) is 1.87. The van der Waals surface area contributed by atoms with Crippen LogP contribution in [0, 0.1) is 0 Å². The Morgan fingerprint density at radius 1 is 0.909 bits per heavy atom. The molecule has 288 valence electrons. The van der Waals surface area contributed by atoms with Crippen LogP contribution in [0.25, 0.3) is 0 Å². The van der Waals surface area contributed by atoms with E-state index < -0.39 is 29.9 Å². The minimum Gasteiger partial charge on any atom is -0.465 e. The average molecular weight is 808 g/mol. The lowest BCUT2D eigenvalue weighted by molar-refractivity contribution is -0.120. The molecule has 4 amide bonds. The Morgan fingerprint density at radius 2 is 1.58 bits per heavy atom. The summed E-state index contributed by atoms with van der Waals surface area (Å²) in [6.45, 7) is 14.1. The van der Waals surface area contributed by atoms with Gasteiger partial charge in [-0.3, -0.25) is 14.4 Å². The number of nitrogens with one attached hydrogen (secondary N) is 1. The number of hydrogen-bond donors (Lipinski definition) is 2. The first-order valence-corrected chi connectivity index (χ1v) is 18.6. The number of anilines is 3. The molecule has 1 aliphatic rings. The number of pyridine rings is 1. The van der Waals surface area contributed by atoms with E-state index in [0.717, 1.165) is 34.0 Å². The largest absolute Gasteiger partial charge is 0.465 e. The molecule has 1 aromatic heterocycles. The van der Waals surface area contributed by atoms with Gasteiger partial charge in [0.1, 0.15) is 11.5 Å². The smallest absolute Gasteiger partial charge is 0.414 e. The summed E-state index contributed by atoms with van der Waals surface area (Å²) < 4.78 is 0. The molecular formula is C40H41Cl3N6O6. The molecule has 2 heterocycles. The number of carboxylic acid groups (broad SMARTS) is 1. The number of hydrogen-bond acceptors (Lipinski definition) is 7. The molecule has 0 fully saturated rings. The molecule has 0 bridgehead atoms. The van der Waals surface area contributed by atoms with Gasteiger partial charge in [-0.1, -0.05) is 101 Å². The fourth-order valence-electron chi connectivity index (χ4n) is 5.82. The molecule has 2 N–H and O–H groups in total. The van der Waals surface area contributed by atoms with Gasteiger partial charge in [0.05, 0.1) is 15.7 Å². The normalized spacial score (nSPS) is 14.4. The standard InChI is InChI=1S/C40H41Cl3N6O6/c1-8-39(4,5)25-16-17-31(28(20-25)40(6,7)9-2)55-49(23(3)50)27-14-12-13-24(19-27)36(51)45-35-34(47(38(53)54)32-15-10-11-18-44-32)37(52)48(46-35)33-29(42)21-26(41)22-30(33)43/h10-22,34H,8-9H2,1-7H3,(H,53,54)(H,45,46,51). The minimum atomic E-state index is -1.72. The van der Waals surface area contributed by atoms with Crippen LogP contribution in [0.1, 0.15) is 82.8 Å². The van der Waals surface area contributed by atoms with Gasteiger partial charge in [-0.05, 0) is 77.8 Å². The van der Waals surface area contributed by atoms with Gasteiger partial charge in [-0.25, -0.2) is 14.7 Å². The van der Waals surface area contributed by atoms with E-state index in [-0.39, 0.29) is 54.5 Å². The molecule has 4 aromatic rings. The number of hydroxylamine groups is 1. The van der Waals surface area contributed by atoms with E-state index in [1.165, 1.54) is 43.5 Å². The zero-order valence-corrected chi connectivity index (χ0v) is 33.6. The number of hydrazone groups is 1. The third kappa shape index (κ3) is 8.56. The Balaban J connectivity index is 1.53. The van der Waals surface area contributed by atoms with Crippen molar-refractivity contribution in [1.29, 1.82) is 0 Å². The van der Waals surface area contributed by atoms with Crippen molar-refractivity contribution < 1.29 is 29.1 Å². The topological polar surface area (TPSA) is 145 Å². The van der Waals surface area contributed by atoms with Gasteiger partial charge in [-0.2, -0.15) is 5.01 Å². The third-order valence-electron chi connectivity index (χ3n) is 9.78. The van der Waals surface area contributed by atoms with Crippen molar-refractivity contribution in [3.05, 3.63) is 111 Å². The van der Waals surface area contributed by atoms with Crippen LogP contribution >= 0.6 is 34.8 Å². The second kappa shape index (κ2) is 16.3. The van der Waals surface area contributed by atoms with Crippen LogP contribution in [-0.2, 0) is 20.4 Å². The molecule has 55 heavy (non-hydrogen) atoms. The number of carbonyl (C=O) groups is 4. The van der Waals surface area contributed by atoms with Crippen LogP contribution in [0.4, 0.5) is 22.0 Å². The molecular weight excluding hydrogens is 767 g/mol. The van der Waals surface area contributed by atoms with Crippen LogP contribution in [0.5, 0.6) is 5.75 Å². The van der Waals surface area contributed by atoms with Crippen LogP contribution < -0.4 is 25.1 Å². The predicted octanol–water partition coefficient (Wildman–Crippen LogP) is 9.41. The predicted molar refractivity (Wildman–Crippen MR) is 216 cm³/mol. The zero-order valence-electron chi connectivity index (χ0n) is 31.4. The van der Waals surface area contributed by atoms with Crippen molar-refractivity contribution in [2.24, 2.45) is 5.10 Å². The second-order valence-electron chi connectivity index (χ2n) is 14.2. The molecule has 0 aliphatic carbocycles. The van der Waals surface area contributed by atoms with Crippen molar-refractivity contribution >= 4 is 81.6 Å². The van der Waals surface area contributed by atoms with Gasteiger partial charge in [0.2, 0.25) is 0 Å². The quantitative estimate of drug-likeness (QED) is 0.144. The van der Waals surface area contributed by atoms with Crippen molar-refractivity contribution in [1.82, 2.24) is 10.3 Å². The highest BCUT2D eigenvalue weighted by atomic mass is 35.5. The first-order valence-electron chi connectivity index (χ1n) is 17.5. The van der Waals surface area contributed by atoms with E-state index >= 15 is 0 Å². The fourth-order valence-corrected chi connectivity index (χ4v) is 6.79. The summed E-state index contributed by atoms with van der Waals surface area (Å²) >= 11 is 19.0. The van der Waals surface area contributed by atoms with Gasteiger partial charge in [0, 0.05) is 29.3 Å². The summed E-state index contributed by atoms with van der Waals surface area (Å²) in [4.78, 5) is 65.0. The molecule has 1 atom stereocenters. The van der Waals surface area contributed by atoms with Gasteiger partial charge in [0.25, 0.3) is 17.7 Å². The maximum Gasteiger partial charge on any atom is 0.414 e. The second-order valence-corrected chi connectivity index (χ2v) is 15.4. The fraction of sp³-hybridized carbons (Fsp3) is 0.300. The molecule has 3 aromatic carbocycles. The van der Waals surface area contributed by atoms with Crippen LogP contribution in [0.15, 0.2) is 84.1 Å². The summed E-state index contributed by atoms with van der Waals surface area (Å²) in [7, 11) is 0. The van der Waals surface area contributed by atoms with Crippen LogP contribution in [0.2, 0.25) is 15.1 Å². The highest BCUT2D eigenvalue weighted by molar-refractivity contribution is 6.43. The van der Waals surface area contributed by atoms with E-state index in [2.05, 4.69) is 63.0 Å². The maximum absolute atomic E-state index is 14.1. The van der Waals surface area contributed by atoms with Crippen molar-refractivity contribution in [3.63, 3.8) is 0 Å². The molecule has 1 unspecified atom stereocenters. The third-order valence-corrected chi connectivity index (χ3v) is 10.6. The number of rotatable bonds is 11. The lowest BCUT2D eigenvalue weighted by Crippen LogP contribution is -2.54. The first-order chi connectivity index (χ1) is 25.9. The molecule has 5 rings (SSSR count). The minimum absolute atomic E-state index is 0.0381. The SMILES string of the molecule is CCC(C)(C)c1ccc(ON(C(C)=O)c2cccc(C(=O)NC3=NN(c4c(Cl)cc(Cl)cc4Cl)C(=O)C3N(C(=O)O)c3ccccn3)c2)c(C(C)(C)CC)c1. The Morgan fingerprint density at radius 3 is 2.16 bits per heavy atom. The van der Waals surface area contributed by atoms with Gasteiger partial charge >= 0.3 is 6.09 Å². The summed E-state index contributed by atoms with van der Waals surface area (Å²) in [6, 6.07) is 17.5. The average Bonchev–Trinajstić information content (AvgIpc) is 3.44. The molecule has 0 saturated carbocycles. The Labute approximate surface area is 334 Å². The summed E-state index contributed by atoms with van der Waals surface area (Å²) in [5.74, 6) is -2.13. The van der Waals surface area contributed by atoms with E-state index in [9.17, 15) is 24.3 Å². The Kier molecular flexibility index (Phi) is 12.1. The zero-order chi connectivity index (χ0) is 40.4. The van der Waals surface area contributed by atoms with E-state index in [1.54, 1.807) is 24.3 Å². The highest BCUT2D eigenvalue weighted by Gasteiger charge is 2.46. The molecule has 0 spiro atoms.